The molecular formula is C10H16O8. The van der Waals surface area contributed by atoms with Gasteiger partial charge in [-0.25, -0.2) is 4.79 Å². The van der Waals surface area contributed by atoms with Crippen LogP contribution in [0.25, 0.3) is 0 Å². The maximum Gasteiger partial charge on any atom is 0.335 e. The average molecular weight is 264 g/mol. The number of rotatable bonds is 3. The number of carbonyl (C=O) groups excluding carboxylic acids is 1. The number of hydrogen-bond acceptors (Lipinski definition) is 8. The number of hydrogen-bond donors (Lipinski definition) is 5. The summed E-state index contributed by atoms with van der Waals surface area (Å²) in [4.78, 5) is 11.2. The fraction of sp³-hybridized carbons (Fsp3) is 0.700. The summed E-state index contributed by atoms with van der Waals surface area (Å²) in [7, 11) is 0. The fourth-order valence-corrected chi connectivity index (χ4v) is 1.39. The van der Waals surface area contributed by atoms with Gasteiger partial charge in [0.15, 0.2) is 0 Å². The van der Waals surface area contributed by atoms with E-state index in [-0.39, 0.29) is 5.57 Å². The van der Waals surface area contributed by atoms with E-state index in [1.54, 1.807) is 0 Å². The largest absolute Gasteiger partial charge is 0.429 e. The van der Waals surface area contributed by atoms with E-state index >= 15 is 0 Å². The molecule has 18 heavy (non-hydrogen) atoms. The number of aliphatic hydroxyl groups is 5. The lowest BCUT2D eigenvalue weighted by Crippen LogP contribution is -2.66. The summed E-state index contributed by atoms with van der Waals surface area (Å²) < 4.78 is 9.33. The molecule has 0 amide bonds. The summed E-state index contributed by atoms with van der Waals surface area (Å²) in [5, 5.41) is 47.0. The van der Waals surface area contributed by atoms with Gasteiger partial charge in [-0.3, -0.25) is 0 Å². The highest BCUT2D eigenvalue weighted by Crippen LogP contribution is 2.28. The third-order valence-electron chi connectivity index (χ3n) is 2.53. The highest BCUT2D eigenvalue weighted by atomic mass is 16.8. The fourth-order valence-electron chi connectivity index (χ4n) is 1.39. The van der Waals surface area contributed by atoms with Gasteiger partial charge in [0, 0.05) is 5.57 Å². The predicted molar refractivity (Wildman–Crippen MR) is 55.8 cm³/mol. The van der Waals surface area contributed by atoms with E-state index in [1.165, 1.54) is 6.92 Å². The van der Waals surface area contributed by atoms with E-state index in [4.69, 9.17) is 9.84 Å². The maximum atomic E-state index is 11.2. The Morgan fingerprint density at radius 3 is 2.39 bits per heavy atom. The lowest BCUT2D eigenvalue weighted by atomic mass is 9.96. The molecule has 5 atom stereocenters. The Labute approximate surface area is 103 Å². The standard InChI is InChI=1S/C10H16O8/c1-4(2)8(15)17-9-6(13)5(12)7(14)10(16,3-11)18-9/h5-7,9,11-14,16H,1,3H2,2H3/t5-,6+,7+,9?,10+/m1/s1. The van der Waals surface area contributed by atoms with Crippen molar-refractivity contribution in [2.45, 2.75) is 37.3 Å². The van der Waals surface area contributed by atoms with Crippen LogP contribution in [0.4, 0.5) is 0 Å². The molecule has 0 spiro atoms. The highest BCUT2D eigenvalue weighted by molar-refractivity contribution is 5.87. The molecule has 0 aromatic carbocycles. The quantitative estimate of drug-likeness (QED) is 0.273. The van der Waals surface area contributed by atoms with Gasteiger partial charge in [-0.2, -0.15) is 0 Å². The van der Waals surface area contributed by atoms with Crippen LogP contribution in [-0.4, -0.2) is 68.5 Å². The maximum absolute atomic E-state index is 11.2. The van der Waals surface area contributed by atoms with Crippen molar-refractivity contribution in [3.05, 3.63) is 12.2 Å². The summed E-state index contributed by atoms with van der Waals surface area (Å²) in [6, 6.07) is 0. The van der Waals surface area contributed by atoms with Crippen LogP contribution in [0.1, 0.15) is 6.92 Å². The molecule has 1 aliphatic heterocycles. The first-order chi connectivity index (χ1) is 8.23. The first kappa shape index (κ1) is 15.0. The van der Waals surface area contributed by atoms with Crippen molar-refractivity contribution in [2.24, 2.45) is 0 Å². The topological polar surface area (TPSA) is 137 Å². The normalized spacial score (nSPS) is 40.3. The molecule has 0 aromatic heterocycles. The third-order valence-corrected chi connectivity index (χ3v) is 2.53. The van der Waals surface area contributed by atoms with Gasteiger partial charge >= 0.3 is 5.97 Å². The summed E-state index contributed by atoms with van der Waals surface area (Å²) in [5.74, 6) is -3.44. The highest BCUT2D eigenvalue weighted by Gasteiger charge is 2.54. The minimum atomic E-state index is -2.53. The lowest BCUT2D eigenvalue weighted by Gasteiger charge is -2.43. The van der Waals surface area contributed by atoms with E-state index in [0.717, 1.165) is 0 Å². The Morgan fingerprint density at radius 1 is 1.39 bits per heavy atom. The molecule has 0 aromatic rings. The van der Waals surface area contributed by atoms with Gasteiger partial charge in [-0.15, -0.1) is 0 Å². The van der Waals surface area contributed by atoms with Crippen LogP contribution in [0.15, 0.2) is 12.2 Å². The molecule has 5 N–H and O–H groups in total. The predicted octanol–water partition coefficient (Wildman–Crippen LogP) is -2.77. The minimum absolute atomic E-state index is 0.0129. The molecule has 1 fully saturated rings. The van der Waals surface area contributed by atoms with Gasteiger partial charge < -0.3 is 35.0 Å². The van der Waals surface area contributed by atoms with E-state index in [2.05, 4.69) is 11.3 Å². The van der Waals surface area contributed by atoms with Crippen molar-refractivity contribution in [1.29, 1.82) is 0 Å². The first-order valence-electron chi connectivity index (χ1n) is 5.14. The molecule has 1 aliphatic rings. The molecule has 104 valence electrons. The monoisotopic (exact) mass is 264 g/mol. The van der Waals surface area contributed by atoms with Crippen LogP contribution < -0.4 is 0 Å². The number of esters is 1. The average Bonchev–Trinajstić information content (AvgIpc) is 2.33. The number of ether oxygens (including phenoxy) is 2. The van der Waals surface area contributed by atoms with Crippen molar-refractivity contribution in [2.75, 3.05) is 6.61 Å². The number of carbonyl (C=O) groups is 1. The second-order valence-electron chi connectivity index (χ2n) is 4.10. The Balaban J connectivity index is 2.86. The minimum Gasteiger partial charge on any atom is -0.429 e. The molecule has 1 rings (SSSR count). The van der Waals surface area contributed by atoms with Gasteiger partial charge in [0.25, 0.3) is 0 Å². The van der Waals surface area contributed by atoms with Gasteiger partial charge in [0.1, 0.15) is 18.3 Å². The van der Waals surface area contributed by atoms with Crippen LogP contribution in [-0.2, 0) is 14.3 Å². The van der Waals surface area contributed by atoms with Crippen molar-refractivity contribution < 1.29 is 39.8 Å². The second-order valence-corrected chi connectivity index (χ2v) is 4.10. The Bertz CT molecular complexity index is 343. The summed E-state index contributed by atoms with van der Waals surface area (Å²) in [5.41, 5.74) is 0.0129. The van der Waals surface area contributed by atoms with Gasteiger partial charge in [0.2, 0.25) is 12.1 Å². The molecule has 0 aliphatic carbocycles. The van der Waals surface area contributed by atoms with Crippen molar-refractivity contribution >= 4 is 5.97 Å². The SMILES string of the molecule is C=C(C)C(=O)OC1O[C@@](O)(CO)[C@@H](O)[C@H](O)[C@@H]1O. The zero-order valence-corrected chi connectivity index (χ0v) is 9.68. The molecule has 0 radical (unpaired) electrons. The molecule has 8 nitrogen and oxygen atoms in total. The smallest absolute Gasteiger partial charge is 0.335 e. The van der Waals surface area contributed by atoms with Crippen molar-refractivity contribution in [3.63, 3.8) is 0 Å². The van der Waals surface area contributed by atoms with E-state index in [9.17, 15) is 25.2 Å². The van der Waals surface area contributed by atoms with Crippen LogP contribution in [0.5, 0.6) is 0 Å². The van der Waals surface area contributed by atoms with E-state index in [0.29, 0.717) is 0 Å². The molecule has 1 saturated heterocycles. The van der Waals surface area contributed by atoms with Crippen LogP contribution in [0, 0.1) is 0 Å². The van der Waals surface area contributed by atoms with Crippen LogP contribution in [0.2, 0.25) is 0 Å². The molecule has 8 heteroatoms. The Kier molecular flexibility index (Phi) is 4.43. The first-order valence-corrected chi connectivity index (χ1v) is 5.14. The second kappa shape index (κ2) is 5.31. The molecule has 1 heterocycles. The summed E-state index contributed by atoms with van der Waals surface area (Å²) in [6.45, 7) is 3.59. The zero-order chi connectivity index (χ0) is 14.1. The third kappa shape index (κ3) is 2.69. The van der Waals surface area contributed by atoms with Crippen molar-refractivity contribution in [3.8, 4) is 0 Å². The molecule has 0 bridgehead atoms. The summed E-state index contributed by atoms with van der Waals surface area (Å²) in [6.07, 6.45) is -7.30. The molecule has 0 saturated carbocycles. The Hall–Kier alpha value is -1.03. The number of aliphatic hydroxyl groups excluding tert-OH is 4. The van der Waals surface area contributed by atoms with E-state index in [1.807, 2.05) is 0 Å². The van der Waals surface area contributed by atoms with Crippen molar-refractivity contribution in [1.82, 2.24) is 0 Å². The van der Waals surface area contributed by atoms with Gasteiger partial charge in [-0.1, -0.05) is 6.58 Å². The van der Waals surface area contributed by atoms with Crippen LogP contribution in [0.3, 0.4) is 0 Å². The summed E-state index contributed by atoms with van der Waals surface area (Å²) >= 11 is 0. The lowest BCUT2D eigenvalue weighted by molar-refractivity contribution is -0.390. The van der Waals surface area contributed by atoms with Gasteiger partial charge in [-0.05, 0) is 6.92 Å². The molecule has 1 unspecified atom stereocenters. The van der Waals surface area contributed by atoms with Crippen LogP contribution >= 0.6 is 0 Å². The Morgan fingerprint density at radius 2 is 1.94 bits per heavy atom. The van der Waals surface area contributed by atoms with Gasteiger partial charge in [0.05, 0.1) is 6.61 Å². The van der Waals surface area contributed by atoms with E-state index < -0.39 is 43.0 Å². The zero-order valence-electron chi connectivity index (χ0n) is 9.68. The molecular weight excluding hydrogens is 248 g/mol.